The van der Waals surface area contributed by atoms with Crippen molar-refractivity contribution in [3.8, 4) is 0 Å². The normalized spacial score (nSPS) is 25.8. The zero-order valence-electron chi connectivity index (χ0n) is 9.60. The maximum absolute atomic E-state index is 10.00. The molecule has 2 heteroatoms. The molecule has 2 nitrogen and oxygen atoms in total. The van der Waals surface area contributed by atoms with E-state index in [9.17, 15) is 5.11 Å². The second-order valence-corrected chi connectivity index (χ2v) is 4.99. The lowest BCUT2D eigenvalue weighted by Crippen LogP contribution is -2.38. The Morgan fingerprint density at radius 1 is 1.06 bits per heavy atom. The summed E-state index contributed by atoms with van der Waals surface area (Å²) in [5.74, 6) is 0. The predicted octanol–water partition coefficient (Wildman–Crippen LogP) is 2.87. The van der Waals surface area contributed by atoms with Crippen LogP contribution in [0.15, 0.2) is 24.3 Å². The van der Waals surface area contributed by atoms with Crippen LogP contribution in [0.4, 0.5) is 5.69 Å². The number of para-hydroxylation sites is 1. The number of fused-ring (bicyclic) bond motifs is 1. The predicted molar refractivity (Wildman–Crippen MR) is 65.6 cm³/mol. The molecule has 2 aliphatic rings. The van der Waals surface area contributed by atoms with E-state index in [-0.39, 0.29) is 6.10 Å². The Morgan fingerprint density at radius 2 is 1.81 bits per heavy atom. The van der Waals surface area contributed by atoms with E-state index >= 15 is 0 Å². The number of benzene rings is 1. The van der Waals surface area contributed by atoms with Crippen LogP contribution in [0, 0.1) is 0 Å². The lowest BCUT2D eigenvalue weighted by Gasteiger charge is -2.38. The van der Waals surface area contributed by atoms with Gasteiger partial charge in [0, 0.05) is 23.8 Å². The van der Waals surface area contributed by atoms with Gasteiger partial charge in [-0.1, -0.05) is 31.0 Å². The van der Waals surface area contributed by atoms with Gasteiger partial charge in [-0.05, 0) is 25.3 Å². The van der Waals surface area contributed by atoms with Gasteiger partial charge in [0.25, 0.3) is 0 Å². The summed E-state index contributed by atoms with van der Waals surface area (Å²) in [6.07, 6.45) is 6.01. The summed E-state index contributed by atoms with van der Waals surface area (Å²) >= 11 is 0. The number of hydrogen-bond acceptors (Lipinski definition) is 2. The van der Waals surface area contributed by atoms with Gasteiger partial charge in [-0.3, -0.25) is 0 Å². The molecule has 0 radical (unpaired) electrons. The van der Waals surface area contributed by atoms with Crippen LogP contribution >= 0.6 is 0 Å². The first-order valence-corrected chi connectivity index (χ1v) is 6.40. The largest absolute Gasteiger partial charge is 0.388 e. The summed E-state index contributed by atoms with van der Waals surface area (Å²) in [7, 11) is 0. The lowest BCUT2D eigenvalue weighted by molar-refractivity contribution is 0.162. The highest BCUT2D eigenvalue weighted by Crippen LogP contribution is 2.37. The molecule has 3 rings (SSSR count). The van der Waals surface area contributed by atoms with Crippen LogP contribution in [0.2, 0.25) is 0 Å². The third-order valence-corrected chi connectivity index (χ3v) is 4.01. The van der Waals surface area contributed by atoms with Crippen molar-refractivity contribution < 1.29 is 5.11 Å². The molecule has 1 fully saturated rings. The van der Waals surface area contributed by atoms with Gasteiger partial charge >= 0.3 is 0 Å². The smallest absolute Gasteiger partial charge is 0.0826 e. The zero-order valence-corrected chi connectivity index (χ0v) is 9.60. The van der Waals surface area contributed by atoms with Crippen molar-refractivity contribution in [1.82, 2.24) is 0 Å². The SMILES string of the molecule is OC1CCN(C2CCCC2)c2ccccc21. The second kappa shape index (κ2) is 4.10. The van der Waals surface area contributed by atoms with E-state index in [1.54, 1.807) is 0 Å². The molecular weight excluding hydrogens is 198 g/mol. The summed E-state index contributed by atoms with van der Waals surface area (Å²) in [6, 6.07) is 9.06. The van der Waals surface area contributed by atoms with Crippen LogP contribution < -0.4 is 4.90 Å². The van der Waals surface area contributed by atoms with E-state index in [0.717, 1.165) is 18.5 Å². The van der Waals surface area contributed by atoms with E-state index in [0.29, 0.717) is 6.04 Å². The average molecular weight is 217 g/mol. The number of rotatable bonds is 1. The van der Waals surface area contributed by atoms with E-state index in [1.165, 1.54) is 31.4 Å². The number of hydrogen-bond donors (Lipinski definition) is 1. The van der Waals surface area contributed by atoms with Crippen molar-refractivity contribution in [2.75, 3.05) is 11.4 Å². The molecule has 1 aliphatic carbocycles. The molecule has 1 N–H and O–H groups in total. The van der Waals surface area contributed by atoms with Gasteiger partial charge in [0.2, 0.25) is 0 Å². The minimum absolute atomic E-state index is 0.256. The first-order valence-electron chi connectivity index (χ1n) is 6.40. The maximum Gasteiger partial charge on any atom is 0.0826 e. The van der Waals surface area contributed by atoms with Gasteiger partial charge < -0.3 is 10.0 Å². The summed E-state index contributed by atoms with van der Waals surface area (Å²) < 4.78 is 0. The van der Waals surface area contributed by atoms with Crippen LogP contribution in [-0.2, 0) is 0 Å². The fourth-order valence-corrected chi connectivity index (χ4v) is 3.16. The van der Waals surface area contributed by atoms with Gasteiger partial charge in [-0.15, -0.1) is 0 Å². The first kappa shape index (κ1) is 10.2. The van der Waals surface area contributed by atoms with E-state index in [2.05, 4.69) is 23.1 Å². The molecular formula is C14H19NO. The highest BCUT2D eigenvalue weighted by molar-refractivity contribution is 5.57. The van der Waals surface area contributed by atoms with Gasteiger partial charge in [0.1, 0.15) is 0 Å². The molecule has 1 aliphatic heterocycles. The minimum Gasteiger partial charge on any atom is -0.388 e. The Labute approximate surface area is 96.9 Å². The summed E-state index contributed by atoms with van der Waals surface area (Å²) in [4.78, 5) is 2.52. The summed E-state index contributed by atoms with van der Waals surface area (Å²) in [6.45, 7) is 1.02. The molecule has 0 spiro atoms. The average Bonchev–Trinajstić information content (AvgIpc) is 2.83. The van der Waals surface area contributed by atoms with Crippen LogP contribution in [0.5, 0.6) is 0 Å². The molecule has 1 heterocycles. The van der Waals surface area contributed by atoms with E-state index in [4.69, 9.17) is 0 Å². The Morgan fingerprint density at radius 3 is 2.62 bits per heavy atom. The molecule has 1 saturated carbocycles. The Hall–Kier alpha value is -1.02. The van der Waals surface area contributed by atoms with Crippen molar-refractivity contribution in [2.45, 2.75) is 44.2 Å². The standard InChI is InChI=1S/C14H19NO/c16-14-9-10-15(11-5-1-2-6-11)13-8-4-3-7-12(13)14/h3-4,7-8,11,14,16H,1-2,5-6,9-10H2. The zero-order chi connectivity index (χ0) is 11.0. The quantitative estimate of drug-likeness (QED) is 0.782. The summed E-state index contributed by atoms with van der Waals surface area (Å²) in [5, 5.41) is 10.00. The van der Waals surface area contributed by atoms with Gasteiger partial charge in [0.05, 0.1) is 6.10 Å². The van der Waals surface area contributed by atoms with Crippen molar-refractivity contribution in [1.29, 1.82) is 0 Å². The van der Waals surface area contributed by atoms with E-state index in [1.807, 2.05) is 6.07 Å². The maximum atomic E-state index is 10.00. The fraction of sp³-hybridized carbons (Fsp3) is 0.571. The molecule has 0 saturated heterocycles. The third kappa shape index (κ3) is 1.61. The van der Waals surface area contributed by atoms with Crippen LogP contribution in [0.3, 0.4) is 0 Å². The topological polar surface area (TPSA) is 23.5 Å². The van der Waals surface area contributed by atoms with Gasteiger partial charge in [-0.25, -0.2) is 0 Å². The molecule has 16 heavy (non-hydrogen) atoms. The molecule has 1 atom stereocenters. The minimum atomic E-state index is -0.256. The lowest BCUT2D eigenvalue weighted by atomic mass is 9.97. The van der Waals surface area contributed by atoms with Crippen LogP contribution in [-0.4, -0.2) is 17.7 Å². The van der Waals surface area contributed by atoms with Crippen molar-refractivity contribution in [3.05, 3.63) is 29.8 Å². The number of aliphatic hydroxyl groups excluding tert-OH is 1. The van der Waals surface area contributed by atoms with Crippen LogP contribution in [0.1, 0.15) is 43.8 Å². The number of nitrogens with zero attached hydrogens (tertiary/aromatic N) is 1. The molecule has 0 amide bonds. The Bertz CT molecular complexity index is 371. The highest BCUT2D eigenvalue weighted by Gasteiger charge is 2.29. The molecule has 1 unspecified atom stereocenters. The molecule has 86 valence electrons. The van der Waals surface area contributed by atoms with Crippen molar-refractivity contribution in [2.24, 2.45) is 0 Å². The third-order valence-electron chi connectivity index (χ3n) is 4.01. The van der Waals surface area contributed by atoms with Gasteiger partial charge in [-0.2, -0.15) is 0 Å². The molecule has 1 aromatic carbocycles. The number of aliphatic hydroxyl groups is 1. The monoisotopic (exact) mass is 217 g/mol. The Kier molecular flexibility index (Phi) is 2.60. The van der Waals surface area contributed by atoms with Crippen molar-refractivity contribution in [3.63, 3.8) is 0 Å². The number of anilines is 1. The summed E-state index contributed by atoms with van der Waals surface area (Å²) in [5.41, 5.74) is 2.40. The Balaban J connectivity index is 1.94. The molecule has 0 bridgehead atoms. The first-order chi connectivity index (χ1) is 7.86. The van der Waals surface area contributed by atoms with Gasteiger partial charge in [0.15, 0.2) is 0 Å². The van der Waals surface area contributed by atoms with Crippen LogP contribution in [0.25, 0.3) is 0 Å². The molecule has 1 aromatic rings. The van der Waals surface area contributed by atoms with Crippen molar-refractivity contribution >= 4 is 5.69 Å². The second-order valence-electron chi connectivity index (χ2n) is 4.99. The fourth-order valence-electron chi connectivity index (χ4n) is 3.16. The van der Waals surface area contributed by atoms with E-state index < -0.39 is 0 Å². The highest BCUT2D eigenvalue weighted by atomic mass is 16.3. The molecule has 0 aromatic heterocycles.